The number of methoxy groups -OCH3 is 2. The highest BCUT2D eigenvalue weighted by Crippen LogP contribution is 2.30. The average molecular weight is 394 g/mol. The topological polar surface area (TPSA) is 38.8 Å². The number of ether oxygens (including phenoxy) is 2. The van der Waals surface area contributed by atoms with Crippen LogP contribution in [0.15, 0.2) is 36.4 Å². The van der Waals surface area contributed by atoms with Crippen LogP contribution in [0.2, 0.25) is 10.0 Å². The van der Waals surface area contributed by atoms with Gasteiger partial charge in [-0.15, -0.1) is 0 Å². The van der Waals surface area contributed by atoms with Gasteiger partial charge in [-0.25, -0.2) is 0 Å². The molecule has 0 radical (unpaired) electrons. The molecule has 1 amide bonds. The average Bonchev–Trinajstić information content (AvgIpc) is 2.63. The normalized spacial score (nSPS) is 10.8. The Morgan fingerprint density at radius 2 is 1.73 bits per heavy atom. The molecule has 4 nitrogen and oxygen atoms in total. The molecule has 138 valence electrons. The standard InChI is InChI=1S/C20H21Cl2NO3/c1-13-9-18(25-3)19(26-4)11-15(13)12-23(2)20(24)8-6-14-5-7-16(21)17(22)10-14/h5-11H,12H2,1-4H3/b8-6+. The van der Waals surface area contributed by atoms with E-state index in [1.807, 2.05) is 19.1 Å². The van der Waals surface area contributed by atoms with Crippen LogP contribution in [0, 0.1) is 6.92 Å². The van der Waals surface area contributed by atoms with Gasteiger partial charge in [0.05, 0.1) is 24.3 Å². The fourth-order valence-corrected chi connectivity index (χ4v) is 2.74. The largest absolute Gasteiger partial charge is 0.493 e. The van der Waals surface area contributed by atoms with Gasteiger partial charge in [-0.2, -0.15) is 0 Å². The number of halogens is 2. The Morgan fingerprint density at radius 1 is 1.08 bits per heavy atom. The van der Waals surface area contributed by atoms with Crippen molar-refractivity contribution in [3.05, 3.63) is 63.1 Å². The molecule has 0 aliphatic heterocycles. The predicted octanol–water partition coefficient (Wildman–Crippen LogP) is 4.99. The Balaban J connectivity index is 2.11. The van der Waals surface area contributed by atoms with E-state index in [9.17, 15) is 4.79 Å². The second kappa shape index (κ2) is 8.97. The molecule has 0 aliphatic rings. The summed E-state index contributed by atoms with van der Waals surface area (Å²) in [5, 5.41) is 0.937. The number of carbonyl (C=O) groups is 1. The van der Waals surface area contributed by atoms with Crippen molar-refractivity contribution >= 4 is 35.2 Å². The number of nitrogens with zero attached hydrogens (tertiary/aromatic N) is 1. The van der Waals surface area contributed by atoms with Gasteiger partial charge in [0, 0.05) is 19.7 Å². The van der Waals surface area contributed by atoms with Crippen LogP contribution >= 0.6 is 23.2 Å². The van der Waals surface area contributed by atoms with Crippen LogP contribution in [-0.2, 0) is 11.3 Å². The van der Waals surface area contributed by atoms with Crippen LogP contribution in [-0.4, -0.2) is 32.1 Å². The van der Waals surface area contributed by atoms with Crippen molar-refractivity contribution in [1.29, 1.82) is 0 Å². The molecule has 2 aromatic rings. The van der Waals surface area contributed by atoms with Crippen LogP contribution in [0.4, 0.5) is 0 Å². The van der Waals surface area contributed by atoms with E-state index in [2.05, 4.69) is 0 Å². The first-order chi connectivity index (χ1) is 12.3. The molecule has 0 bridgehead atoms. The van der Waals surface area contributed by atoms with Crippen LogP contribution in [0.3, 0.4) is 0 Å². The molecule has 26 heavy (non-hydrogen) atoms. The number of carbonyl (C=O) groups excluding carboxylic acids is 1. The first-order valence-corrected chi connectivity index (χ1v) is 8.71. The van der Waals surface area contributed by atoms with Gasteiger partial charge in [-0.05, 0) is 54.0 Å². The molecule has 2 aromatic carbocycles. The molecule has 0 fully saturated rings. The molecule has 6 heteroatoms. The van der Waals surface area contributed by atoms with E-state index < -0.39 is 0 Å². The summed E-state index contributed by atoms with van der Waals surface area (Å²) < 4.78 is 10.6. The van der Waals surface area contributed by atoms with Crippen molar-refractivity contribution in [2.24, 2.45) is 0 Å². The van der Waals surface area contributed by atoms with Crippen molar-refractivity contribution in [3.8, 4) is 11.5 Å². The van der Waals surface area contributed by atoms with Crippen molar-refractivity contribution in [2.45, 2.75) is 13.5 Å². The molecule has 0 spiro atoms. The molecule has 0 heterocycles. The Labute approximate surface area is 163 Å². The second-order valence-corrected chi connectivity index (χ2v) is 6.65. The summed E-state index contributed by atoms with van der Waals surface area (Å²) in [6, 6.07) is 9.01. The Bertz CT molecular complexity index is 834. The third kappa shape index (κ3) is 4.93. The summed E-state index contributed by atoms with van der Waals surface area (Å²) in [6.07, 6.45) is 3.22. The monoisotopic (exact) mass is 393 g/mol. The van der Waals surface area contributed by atoms with E-state index in [1.165, 1.54) is 6.08 Å². The minimum atomic E-state index is -0.120. The predicted molar refractivity (Wildman–Crippen MR) is 106 cm³/mol. The van der Waals surface area contributed by atoms with Gasteiger partial charge in [-0.3, -0.25) is 4.79 Å². The van der Waals surface area contributed by atoms with Crippen molar-refractivity contribution in [2.75, 3.05) is 21.3 Å². The van der Waals surface area contributed by atoms with Gasteiger partial charge in [0.15, 0.2) is 11.5 Å². The number of hydrogen-bond acceptors (Lipinski definition) is 3. The minimum absolute atomic E-state index is 0.120. The molecular weight excluding hydrogens is 373 g/mol. The van der Waals surface area contributed by atoms with E-state index in [1.54, 1.807) is 50.4 Å². The van der Waals surface area contributed by atoms with Crippen molar-refractivity contribution in [1.82, 2.24) is 4.90 Å². The number of aryl methyl sites for hydroxylation is 1. The van der Waals surface area contributed by atoms with Gasteiger partial charge >= 0.3 is 0 Å². The van der Waals surface area contributed by atoms with E-state index in [0.29, 0.717) is 28.1 Å². The van der Waals surface area contributed by atoms with Crippen molar-refractivity contribution < 1.29 is 14.3 Å². The fourth-order valence-electron chi connectivity index (χ4n) is 2.44. The van der Waals surface area contributed by atoms with Crippen molar-refractivity contribution in [3.63, 3.8) is 0 Å². The first kappa shape index (κ1) is 20.1. The Hall–Kier alpha value is -2.17. The molecule has 0 saturated heterocycles. The summed E-state index contributed by atoms with van der Waals surface area (Å²) in [5.41, 5.74) is 2.82. The highest BCUT2D eigenvalue weighted by molar-refractivity contribution is 6.42. The Morgan fingerprint density at radius 3 is 2.35 bits per heavy atom. The molecular formula is C20H21Cl2NO3. The van der Waals surface area contributed by atoms with Gasteiger partial charge < -0.3 is 14.4 Å². The molecule has 0 aromatic heterocycles. The molecule has 0 unspecified atom stereocenters. The first-order valence-electron chi connectivity index (χ1n) is 7.95. The van der Waals surface area contributed by atoms with E-state index in [4.69, 9.17) is 32.7 Å². The molecule has 0 atom stereocenters. The second-order valence-electron chi connectivity index (χ2n) is 5.83. The Kier molecular flexibility index (Phi) is 6.95. The lowest BCUT2D eigenvalue weighted by molar-refractivity contribution is -0.125. The summed E-state index contributed by atoms with van der Waals surface area (Å²) in [6.45, 7) is 2.43. The van der Waals surface area contributed by atoms with Gasteiger partial charge in [-0.1, -0.05) is 29.3 Å². The molecule has 2 rings (SSSR count). The molecule has 0 saturated carbocycles. The number of benzene rings is 2. The van der Waals surface area contributed by atoms with Crippen LogP contribution in [0.1, 0.15) is 16.7 Å². The number of rotatable bonds is 6. The lowest BCUT2D eigenvalue weighted by Gasteiger charge is -2.18. The maximum Gasteiger partial charge on any atom is 0.246 e. The van der Waals surface area contributed by atoms with Gasteiger partial charge in [0.25, 0.3) is 0 Å². The molecule has 0 aliphatic carbocycles. The van der Waals surface area contributed by atoms with Gasteiger partial charge in [0.1, 0.15) is 0 Å². The quantitative estimate of drug-likeness (QED) is 0.648. The van der Waals surface area contributed by atoms with E-state index in [0.717, 1.165) is 16.7 Å². The third-order valence-electron chi connectivity index (χ3n) is 3.99. The number of hydrogen-bond donors (Lipinski definition) is 0. The zero-order valence-electron chi connectivity index (χ0n) is 15.2. The fraction of sp³-hybridized carbons (Fsp3) is 0.250. The minimum Gasteiger partial charge on any atom is -0.493 e. The van der Waals surface area contributed by atoms with Gasteiger partial charge in [0.2, 0.25) is 5.91 Å². The number of amides is 1. The SMILES string of the molecule is COc1cc(C)c(CN(C)C(=O)/C=C/c2ccc(Cl)c(Cl)c2)cc1OC. The lowest BCUT2D eigenvalue weighted by Crippen LogP contribution is -2.24. The summed E-state index contributed by atoms with van der Waals surface area (Å²) in [5.74, 6) is 1.19. The number of likely N-dealkylation sites (N-methyl/N-ethyl adjacent to an activating group) is 1. The summed E-state index contributed by atoms with van der Waals surface area (Å²) >= 11 is 11.9. The van der Waals surface area contributed by atoms with E-state index in [-0.39, 0.29) is 5.91 Å². The van der Waals surface area contributed by atoms with Crippen LogP contribution in [0.5, 0.6) is 11.5 Å². The maximum atomic E-state index is 12.4. The third-order valence-corrected chi connectivity index (χ3v) is 4.73. The summed E-state index contributed by atoms with van der Waals surface area (Å²) in [4.78, 5) is 14.0. The highest BCUT2D eigenvalue weighted by atomic mass is 35.5. The summed E-state index contributed by atoms with van der Waals surface area (Å²) in [7, 11) is 4.93. The molecule has 0 N–H and O–H groups in total. The highest BCUT2D eigenvalue weighted by Gasteiger charge is 2.12. The maximum absolute atomic E-state index is 12.4. The lowest BCUT2D eigenvalue weighted by atomic mass is 10.1. The zero-order valence-corrected chi connectivity index (χ0v) is 16.7. The zero-order chi connectivity index (χ0) is 19.3. The van der Waals surface area contributed by atoms with E-state index >= 15 is 0 Å². The van der Waals surface area contributed by atoms with Crippen LogP contribution < -0.4 is 9.47 Å². The van der Waals surface area contributed by atoms with Crippen LogP contribution in [0.25, 0.3) is 6.08 Å². The smallest absolute Gasteiger partial charge is 0.246 e.